The number of hydrogen-bond acceptors (Lipinski definition) is 20. The average molecular weight is 1540 g/mol. The predicted octanol–water partition coefficient (Wildman–Crippen LogP) is -0.176. The number of carboxylic acids is 2. The van der Waals surface area contributed by atoms with Gasteiger partial charge < -0.3 is 87.4 Å². The van der Waals surface area contributed by atoms with E-state index >= 15 is 8.78 Å². The van der Waals surface area contributed by atoms with Crippen molar-refractivity contribution in [2.24, 2.45) is 0 Å². The Morgan fingerprint density at radius 2 is 0.810 bits per heavy atom. The van der Waals surface area contributed by atoms with Crippen LogP contribution in [0.15, 0.2) is 81.2 Å². The number of nitrogens with zero attached hydrogens (tertiary/aromatic N) is 6. The first-order chi connectivity index (χ1) is 46.5. The number of sulfonamides is 2. The van der Waals surface area contributed by atoms with Crippen molar-refractivity contribution in [3.63, 3.8) is 0 Å². The number of rotatable bonds is 24. The third-order valence-corrected chi connectivity index (χ3v) is 26.2. The predicted molar refractivity (Wildman–Crippen MR) is 324 cm³/mol. The summed E-state index contributed by atoms with van der Waals surface area (Å²) in [4.78, 5) is 65.5. The molecule has 8 heterocycles. The summed E-state index contributed by atoms with van der Waals surface area (Å²) in [5, 5.41) is 35.3. The molecule has 0 spiro atoms. The summed E-state index contributed by atoms with van der Waals surface area (Å²) in [6.45, 7) is 19.8. The fourth-order valence-corrected chi connectivity index (χ4v) is 19.9. The molecule has 0 saturated carbocycles. The fourth-order valence-electron chi connectivity index (χ4n) is 12.0. The van der Waals surface area contributed by atoms with Gasteiger partial charge in [-0.1, -0.05) is 12.1 Å². The Hall–Kier alpha value is -6.50. The number of fused-ring (bicyclic) bond motifs is 8. The van der Waals surface area contributed by atoms with Crippen LogP contribution < -0.4 is 60.2 Å². The monoisotopic (exact) mass is 1540 g/mol. The number of carbonyl (C=O) groups is 2. The number of ether oxygens (including phenoxy) is 2. The summed E-state index contributed by atoms with van der Waals surface area (Å²) < 4.78 is 217. The average Bonchev–Trinajstić information content (AvgIpc) is 0.890. The van der Waals surface area contributed by atoms with E-state index in [9.17, 15) is 80.7 Å². The van der Waals surface area contributed by atoms with Crippen molar-refractivity contribution in [1.82, 2.24) is 9.44 Å². The zero-order chi connectivity index (χ0) is 74.2. The number of alkyl halides is 6. The summed E-state index contributed by atoms with van der Waals surface area (Å²) >= 11 is 1.35. The number of benzene rings is 4. The Labute approximate surface area is 573 Å². The fraction of sp³-hybridized carbons (Fsp3) is 0.448. The Bertz CT molecular complexity index is 4090. The molecule has 2 aromatic heterocycles. The van der Waals surface area contributed by atoms with Gasteiger partial charge in [0.1, 0.15) is 172 Å². The van der Waals surface area contributed by atoms with E-state index in [4.69, 9.17) is 39.8 Å². The molecule has 6 saturated heterocycles. The lowest BCUT2D eigenvalue weighted by atomic mass is 10.1. The highest BCUT2D eigenvalue weighted by atomic mass is 32.3. The van der Waals surface area contributed by atoms with Gasteiger partial charge in [-0.05, 0) is 74.8 Å². The van der Waals surface area contributed by atoms with Gasteiger partial charge in [0.15, 0.2) is 0 Å². The van der Waals surface area contributed by atoms with E-state index in [0.29, 0.717) is 48.0 Å². The second-order valence-electron chi connectivity index (χ2n) is 24.2. The third kappa shape index (κ3) is 20.4. The van der Waals surface area contributed by atoms with Crippen LogP contribution in [0.1, 0.15) is 46.7 Å². The number of hydrogen-bond donors (Lipinski definition) is 4. The molecule has 2 unspecified atom stereocenters. The SMILES string of the molecule is N#Cc1ccc(C(NS(=O)(=O)c2cc3c(F)cc(OCC[N+]45CC[N+](CCC[NH3+])(CC4)CC5)cc3s2)P(=O)([O-])[O-])cc1F.N#Cc1ccc(C(NS(=O)(=O)c2cc3c(F)cc(OCC[N+]45CC[N+](CCC[NH3+])(CC4)CC5)cc3s2)P(=O)([O-])[O-])cc1F.O=C([O-])C(F)(F)F.O=C([O-])C(F)(F)F. The van der Waals surface area contributed by atoms with Gasteiger partial charge in [0, 0.05) is 45.1 Å². The largest absolute Gasteiger partial charge is 0.809 e. The summed E-state index contributed by atoms with van der Waals surface area (Å²) in [6.07, 6.45) is -8.12. The third-order valence-electron chi connectivity index (χ3n) is 17.8. The Morgan fingerprint density at radius 1 is 0.520 bits per heavy atom. The van der Waals surface area contributed by atoms with E-state index in [1.807, 2.05) is 9.44 Å². The van der Waals surface area contributed by atoms with Crippen LogP contribution in [0.25, 0.3) is 20.2 Å². The van der Waals surface area contributed by atoms with E-state index in [-0.39, 0.29) is 31.7 Å². The molecule has 0 radical (unpaired) electrons. The molecule has 26 nitrogen and oxygen atoms in total. The van der Waals surface area contributed by atoms with Gasteiger partial charge in [-0.15, -0.1) is 22.7 Å². The van der Waals surface area contributed by atoms with E-state index in [1.54, 1.807) is 12.1 Å². The first-order valence-electron chi connectivity index (χ1n) is 30.2. The lowest BCUT2D eigenvalue weighted by Gasteiger charge is -2.55. The number of halogens is 10. The number of nitrogens with one attached hydrogen (secondary N) is 2. The van der Waals surface area contributed by atoms with E-state index in [2.05, 4.69) is 11.5 Å². The molecule has 548 valence electrons. The zero-order valence-electron chi connectivity index (χ0n) is 52.6. The van der Waals surface area contributed by atoms with Crippen molar-refractivity contribution in [2.45, 2.75) is 45.2 Å². The molecule has 12 rings (SSSR count). The molecule has 2 atom stereocenters. The van der Waals surface area contributed by atoms with Crippen LogP contribution >= 0.6 is 37.9 Å². The smallest absolute Gasteiger partial charge is 0.430 e. The Morgan fingerprint density at radius 3 is 1.06 bits per heavy atom. The quantitative estimate of drug-likeness (QED) is 0.0347. The number of carboxylic acid groups (broad SMARTS) is 2. The van der Waals surface area contributed by atoms with Crippen molar-refractivity contribution in [3.8, 4) is 23.6 Å². The number of aliphatic carboxylic acids is 2. The number of piperazine rings is 6. The summed E-state index contributed by atoms with van der Waals surface area (Å²) in [6, 6.07) is 15.7. The maximum Gasteiger partial charge on any atom is 0.430 e. The molecule has 8 N–H and O–H groups in total. The molecule has 42 heteroatoms. The van der Waals surface area contributed by atoms with Crippen LogP contribution in [-0.4, -0.2) is 190 Å². The van der Waals surface area contributed by atoms with E-state index < -0.39 is 125 Å². The van der Waals surface area contributed by atoms with Crippen molar-refractivity contribution in [3.05, 3.63) is 118 Å². The van der Waals surface area contributed by atoms with Crippen molar-refractivity contribution < 1.29 is 148 Å². The van der Waals surface area contributed by atoms with Gasteiger partial charge in [0.05, 0.1) is 48.9 Å². The van der Waals surface area contributed by atoms with Crippen LogP contribution in [-0.2, 0) is 38.8 Å². The van der Waals surface area contributed by atoms with Crippen LogP contribution in [0, 0.1) is 45.9 Å². The summed E-state index contributed by atoms with van der Waals surface area (Å²) in [7, 11) is -20.7. The molecule has 4 bridgehead atoms. The molecular weight excluding hydrogens is 1470 g/mol. The highest BCUT2D eigenvalue weighted by molar-refractivity contribution is 7.92. The Balaban J connectivity index is 0.000000236. The van der Waals surface area contributed by atoms with E-state index in [1.165, 1.54) is 46.3 Å². The molecule has 100 heavy (non-hydrogen) atoms. The van der Waals surface area contributed by atoms with Crippen molar-refractivity contribution in [1.29, 1.82) is 10.5 Å². The van der Waals surface area contributed by atoms with E-state index in [0.717, 1.165) is 163 Å². The molecule has 6 aromatic rings. The topological polar surface area (TPSA) is 420 Å². The lowest BCUT2D eigenvalue weighted by Crippen LogP contribution is -2.75. The molecule has 6 aliphatic heterocycles. The summed E-state index contributed by atoms with van der Waals surface area (Å²) in [5.41, 5.74) is 6.13. The van der Waals surface area contributed by atoms with Gasteiger partial charge in [0.2, 0.25) is 0 Å². The zero-order valence-corrected chi connectivity index (χ0v) is 57.6. The first-order valence-corrected chi connectivity index (χ1v) is 38.0. The molecule has 6 aliphatic rings. The van der Waals surface area contributed by atoms with Gasteiger partial charge >= 0.3 is 12.4 Å². The van der Waals surface area contributed by atoms with Crippen LogP contribution in [0.5, 0.6) is 11.5 Å². The number of thiophene rings is 2. The molecule has 6 fully saturated rings. The second kappa shape index (κ2) is 32.0. The molecule has 0 aliphatic carbocycles. The molecular formula is C58H66F10N10O16P2S4. The van der Waals surface area contributed by atoms with Crippen LogP contribution in [0.3, 0.4) is 0 Å². The van der Waals surface area contributed by atoms with Gasteiger partial charge in [-0.25, -0.2) is 34.4 Å². The highest BCUT2D eigenvalue weighted by Crippen LogP contribution is 2.46. The molecule has 0 amide bonds. The molecule has 4 aromatic carbocycles. The highest BCUT2D eigenvalue weighted by Gasteiger charge is 2.50. The summed E-state index contributed by atoms with van der Waals surface area (Å²) in [5.74, 6) is -13.9. The van der Waals surface area contributed by atoms with Gasteiger partial charge in [0.25, 0.3) is 20.0 Å². The normalized spacial score (nSPS) is 21.3. The maximum atomic E-state index is 15.0. The minimum Gasteiger partial charge on any atom is -0.809 e. The number of nitriles is 2. The maximum absolute atomic E-state index is 15.0. The minimum atomic E-state index is -5.68. The number of quaternary nitrogens is 6. The van der Waals surface area contributed by atoms with Crippen molar-refractivity contribution >= 4 is 90.0 Å². The second-order valence-corrected chi connectivity index (χ2v) is 33.5. The van der Waals surface area contributed by atoms with Crippen LogP contribution in [0.2, 0.25) is 0 Å². The number of carbonyl (C=O) groups excluding carboxylic acids is 2. The van der Waals surface area contributed by atoms with Crippen LogP contribution in [0.4, 0.5) is 43.9 Å². The lowest BCUT2D eigenvalue weighted by molar-refractivity contribution is -1.08. The first kappa shape index (κ1) is 80.8. The van der Waals surface area contributed by atoms with Gasteiger partial charge in [-0.3, -0.25) is 0 Å². The van der Waals surface area contributed by atoms with Gasteiger partial charge in [-0.2, -0.15) is 46.3 Å². The standard InChI is InChI=1S/2C27H32F2N5O6PS2.2C2HF3O2/c2*28-23-14-19(2-3-20(23)18-31)27(41(35,36)37)32-43(38,39)26-17-22-24(29)15-21(16-25(22)42-26)40-13-12-34-9-6-33(7-10-34,8-11-34)5-1-4-30;2*3-2(4,5)1(6)7/h2*2-3,14-17,27,32H,1,4-13,30H2;2*(H,6,7). The minimum absolute atomic E-state index is 0.0172. The Kier molecular flexibility index (Phi) is 25.9. The van der Waals surface area contributed by atoms with Crippen molar-refractivity contribution in [2.75, 3.05) is 131 Å².